The van der Waals surface area contributed by atoms with Crippen molar-refractivity contribution in [2.45, 2.75) is 38.4 Å². The number of hydroxylamine groups is 2. The van der Waals surface area contributed by atoms with Crippen LogP contribution in [0.4, 0.5) is 13.2 Å². The third kappa shape index (κ3) is 9.41. The fourth-order valence-electron chi connectivity index (χ4n) is 3.06. The molecule has 5 nitrogen and oxygen atoms in total. The molecule has 2 aliphatic heterocycles. The van der Waals surface area contributed by atoms with Gasteiger partial charge in [0.05, 0.1) is 6.54 Å². The first-order valence-electron chi connectivity index (χ1n) is 8.14. The van der Waals surface area contributed by atoms with E-state index in [9.17, 15) is 18.4 Å². The van der Waals surface area contributed by atoms with Crippen LogP contribution in [0.25, 0.3) is 5.32 Å². The van der Waals surface area contributed by atoms with Gasteiger partial charge in [0.2, 0.25) is 0 Å². The molecule has 0 aromatic heterocycles. The summed E-state index contributed by atoms with van der Waals surface area (Å²) >= 11 is 0. The summed E-state index contributed by atoms with van der Waals surface area (Å²) in [7, 11) is 5.44. The molecule has 1 radical (unpaired) electrons. The SMILES string of the molecule is CC.CN1CCN(CC(F)(F)F)C2(CCN(O)CC2)C1.C[N-]C.[Y]. The minimum Gasteiger partial charge on any atom is -0.668 e. The Bertz CT molecular complexity index is 314. The van der Waals surface area contributed by atoms with Crippen LogP contribution < -0.4 is 0 Å². The monoisotopic (exact) mass is 430 g/mol. The maximum absolute atomic E-state index is 12.6. The van der Waals surface area contributed by atoms with E-state index >= 15 is 0 Å². The molecular weight excluding hydrogens is 398 g/mol. The predicted molar refractivity (Wildman–Crippen MR) is 87.0 cm³/mol. The third-order valence-electron chi connectivity index (χ3n) is 4.03. The zero-order valence-corrected chi connectivity index (χ0v) is 18.4. The number of rotatable bonds is 1. The predicted octanol–water partition coefficient (Wildman–Crippen LogP) is 2.66. The summed E-state index contributed by atoms with van der Waals surface area (Å²) in [4.78, 5) is 3.65. The molecule has 24 heavy (non-hydrogen) atoms. The molecule has 2 fully saturated rings. The van der Waals surface area contributed by atoms with Crippen LogP contribution in [0.5, 0.6) is 0 Å². The Kier molecular flexibility index (Phi) is 14.5. The molecule has 2 heterocycles. The van der Waals surface area contributed by atoms with Crippen molar-refractivity contribution in [2.75, 3.05) is 60.4 Å². The molecule has 0 atom stereocenters. The first-order chi connectivity index (χ1) is 10.7. The second-order valence-electron chi connectivity index (χ2n) is 5.90. The average molecular weight is 430 g/mol. The largest absolute Gasteiger partial charge is 0.668 e. The number of piperazine rings is 1. The molecule has 0 amide bonds. The van der Waals surface area contributed by atoms with Gasteiger partial charge in [-0.15, -0.1) is 0 Å². The van der Waals surface area contributed by atoms with E-state index in [1.54, 1.807) is 19.0 Å². The molecule has 0 aliphatic carbocycles. The van der Waals surface area contributed by atoms with Crippen molar-refractivity contribution in [2.24, 2.45) is 0 Å². The van der Waals surface area contributed by atoms with Crippen molar-refractivity contribution >= 4 is 0 Å². The van der Waals surface area contributed by atoms with E-state index in [4.69, 9.17) is 0 Å². The summed E-state index contributed by atoms with van der Waals surface area (Å²) < 4.78 is 37.9. The molecular formula is C15H32F3N4OY-. The van der Waals surface area contributed by atoms with Crippen LogP contribution in [0, 0.1) is 0 Å². The number of hydrogen-bond donors (Lipinski definition) is 1. The molecule has 0 aromatic rings. The van der Waals surface area contributed by atoms with Gasteiger partial charge < -0.3 is 15.4 Å². The van der Waals surface area contributed by atoms with Crippen LogP contribution in [-0.2, 0) is 32.7 Å². The molecule has 1 N–H and O–H groups in total. The Morgan fingerprint density at radius 2 is 1.50 bits per heavy atom. The maximum atomic E-state index is 12.6. The number of nitrogens with zero attached hydrogens (tertiary/aromatic N) is 4. The Morgan fingerprint density at radius 1 is 1.04 bits per heavy atom. The van der Waals surface area contributed by atoms with Gasteiger partial charge >= 0.3 is 6.18 Å². The van der Waals surface area contributed by atoms with E-state index in [0.717, 1.165) is 0 Å². The number of piperidine rings is 1. The van der Waals surface area contributed by atoms with E-state index in [1.807, 2.05) is 20.9 Å². The van der Waals surface area contributed by atoms with Crippen LogP contribution in [0.3, 0.4) is 0 Å². The topological polar surface area (TPSA) is 44.1 Å². The van der Waals surface area contributed by atoms with Gasteiger partial charge in [-0.3, -0.25) is 4.90 Å². The first kappa shape index (κ1) is 26.9. The zero-order valence-electron chi connectivity index (χ0n) is 15.6. The van der Waals surface area contributed by atoms with E-state index in [2.05, 4.69) is 10.2 Å². The Hall–Kier alpha value is 0.694. The summed E-state index contributed by atoms with van der Waals surface area (Å²) in [6.45, 7) is 5.82. The van der Waals surface area contributed by atoms with Gasteiger partial charge in [-0.1, -0.05) is 13.8 Å². The zero-order chi connectivity index (χ0) is 18.1. The summed E-state index contributed by atoms with van der Waals surface area (Å²) in [6, 6.07) is 0. The van der Waals surface area contributed by atoms with Gasteiger partial charge in [-0.2, -0.15) is 32.3 Å². The Labute approximate surface area is 169 Å². The number of likely N-dealkylation sites (N-methyl/N-ethyl adjacent to an activating group) is 1. The standard InChI is InChI=1S/C11H20F3N3O.C2H6N.C2H6.Y/c1-15-6-7-16(9-11(12,13)14)10(8-15)2-4-17(18)5-3-10;1-3-2;1-2;/h18H,2-9H2,1H3;1-2H3;1-2H3;/q;-1;;. The van der Waals surface area contributed by atoms with Crippen LogP contribution in [0.2, 0.25) is 0 Å². The smallest absolute Gasteiger partial charge is 0.401 e. The van der Waals surface area contributed by atoms with E-state index in [1.165, 1.54) is 5.06 Å². The fourth-order valence-corrected chi connectivity index (χ4v) is 3.06. The van der Waals surface area contributed by atoms with Crippen molar-refractivity contribution in [1.29, 1.82) is 0 Å². The van der Waals surface area contributed by atoms with E-state index < -0.39 is 18.3 Å². The molecule has 2 saturated heterocycles. The van der Waals surface area contributed by atoms with E-state index in [0.29, 0.717) is 45.6 Å². The Morgan fingerprint density at radius 3 is 1.92 bits per heavy atom. The Balaban J connectivity index is 0. The van der Waals surface area contributed by atoms with E-state index in [-0.39, 0.29) is 32.7 Å². The van der Waals surface area contributed by atoms with Crippen molar-refractivity contribution in [3.63, 3.8) is 0 Å². The van der Waals surface area contributed by atoms with Crippen molar-refractivity contribution < 1.29 is 51.1 Å². The van der Waals surface area contributed by atoms with Crippen molar-refractivity contribution in [3.05, 3.63) is 5.32 Å². The molecule has 0 saturated carbocycles. The molecule has 143 valence electrons. The van der Waals surface area contributed by atoms with Crippen LogP contribution in [0.1, 0.15) is 26.7 Å². The summed E-state index contributed by atoms with van der Waals surface area (Å²) in [5.74, 6) is 0. The second-order valence-corrected chi connectivity index (χ2v) is 5.90. The van der Waals surface area contributed by atoms with Gasteiger partial charge in [0.1, 0.15) is 0 Å². The molecule has 2 rings (SSSR count). The van der Waals surface area contributed by atoms with Gasteiger partial charge in [0.15, 0.2) is 0 Å². The molecule has 0 unspecified atom stereocenters. The third-order valence-corrected chi connectivity index (χ3v) is 4.03. The molecule has 1 spiro atoms. The van der Waals surface area contributed by atoms with Gasteiger partial charge in [0.25, 0.3) is 0 Å². The van der Waals surface area contributed by atoms with Gasteiger partial charge in [-0.05, 0) is 19.9 Å². The summed E-state index contributed by atoms with van der Waals surface area (Å²) in [5, 5.41) is 14.1. The summed E-state index contributed by atoms with van der Waals surface area (Å²) in [6.07, 6.45) is -2.98. The number of halogens is 3. The molecule has 0 aromatic carbocycles. The maximum Gasteiger partial charge on any atom is 0.401 e. The summed E-state index contributed by atoms with van der Waals surface area (Å²) in [5.41, 5.74) is -0.429. The fraction of sp³-hybridized carbons (Fsp3) is 1.00. The van der Waals surface area contributed by atoms with Crippen LogP contribution in [-0.4, -0.2) is 92.2 Å². The van der Waals surface area contributed by atoms with Gasteiger partial charge in [-0.25, -0.2) is 0 Å². The van der Waals surface area contributed by atoms with Crippen LogP contribution >= 0.6 is 0 Å². The number of alkyl halides is 3. The molecule has 0 bridgehead atoms. The second kappa shape index (κ2) is 13.0. The van der Waals surface area contributed by atoms with Gasteiger partial charge in [0, 0.05) is 71.0 Å². The minimum absolute atomic E-state index is 0. The van der Waals surface area contributed by atoms with Crippen molar-refractivity contribution in [3.8, 4) is 0 Å². The molecule has 9 heteroatoms. The average Bonchev–Trinajstić information content (AvgIpc) is 2.47. The van der Waals surface area contributed by atoms with Crippen LogP contribution in [0.15, 0.2) is 0 Å². The quantitative estimate of drug-likeness (QED) is 0.695. The normalized spacial score (nSPS) is 21.9. The number of hydrogen-bond acceptors (Lipinski definition) is 4. The minimum atomic E-state index is -4.15. The molecule has 2 aliphatic rings. The van der Waals surface area contributed by atoms with Crippen molar-refractivity contribution in [1.82, 2.24) is 14.9 Å². The first-order valence-corrected chi connectivity index (χ1v) is 8.14.